The van der Waals surface area contributed by atoms with Crippen LogP contribution in [-0.4, -0.2) is 16.1 Å². The minimum Gasteiger partial charge on any atom is -0.0656 e. The van der Waals surface area contributed by atoms with Crippen molar-refractivity contribution in [2.45, 2.75) is 39.3 Å². The number of hydrogen-bond donors (Lipinski definition) is 0. The monoisotopic (exact) mass is 750 g/mol. The van der Waals surface area contributed by atoms with Crippen molar-refractivity contribution in [2.75, 3.05) is 0 Å². The van der Waals surface area contributed by atoms with Gasteiger partial charge in [0.05, 0.1) is 16.1 Å². The first-order chi connectivity index (χ1) is 27.0. The fourth-order valence-corrected chi connectivity index (χ4v) is 12.3. The lowest BCUT2D eigenvalue weighted by Crippen LogP contribution is -2.39. The summed E-state index contributed by atoms with van der Waals surface area (Å²) in [7, 11) is -3.53. The third-order valence-corrected chi connectivity index (χ3v) is 16.1. The Hall–Kier alpha value is -5.81. The van der Waals surface area contributed by atoms with Gasteiger partial charge in [-0.15, -0.1) is 0 Å². The third kappa shape index (κ3) is 5.79. The van der Waals surface area contributed by atoms with Crippen LogP contribution in [0.15, 0.2) is 170 Å². The van der Waals surface area contributed by atoms with E-state index in [9.17, 15) is 0 Å². The Morgan fingerprint density at radius 1 is 0.268 bits per heavy atom. The van der Waals surface area contributed by atoms with E-state index < -0.39 is 16.1 Å². The molecule has 0 atom stereocenters. The predicted octanol–water partition coefficient (Wildman–Crippen LogP) is 14.6. The van der Waals surface area contributed by atoms with Gasteiger partial charge in [-0.3, -0.25) is 0 Å². The quantitative estimate of drug-likeness (QED) is 0.117. The van der Waals surface area contributed by atoms with Crippen molar-refractivity contribution in [3.63, 3.8) is 0 Å². The van der Waals surface area contributed by atoms with Crippen molar-refractivity contribution < 1.29 is 0 Å². The van der Waals surface area contributed by atoms with Gasteiger partial charge in [0.2, 0.25) is 0 Å². The molecule has 0 aliphatic rings. The molecule has 0 nitrogen and oxygen atoms in total. The molecule has 0 aliphatic heterocycles. The Morgan fingerprint density at radius 3 is 0.946 bits per heavy atom. The van der Waals surface area contributed by atoms with Crippen LogP contribution in [0.2, 0.25) is 39.3 Å². The van der Waals surface area contributed by atoms with Crippen LogP contribution in [-0.2, 0) is 0 Å². The smallest absolute Gasteiger partial charge is 0.0656 e. The average Bonchev–Trinajstić information content (AvgIpc) is 3.21. The van der Waals surface area contributed by atoms with Crippen LogP contribution in [0.4, 0.5) is 0 Å². The van der Waals surface area contributed by atoms with E-state index in [2.05, 4.69) is 209 Å². The first kappa shape index (κ1) is 34.7. The van der Waals surface area contributed by atoms with Crippen molar-refractivity contribution in [1.82, 2.24) is 0 Å². The van der Waals surface area contributed by atoms with Crippen LogP contribution in [0.5, 0.6) is 0 Å². The summed E-state index contributed by atoms with van der Waals surface area (Å²) < 4.78 is 0. The zero-order valence-corrected chi connectivity index (χ0v) is 35.2. The van der Waals surface area contributed by atoms with E-state index in [4.69, 9.17) is 0 Å². The van der Waals surface area contributed by atoms with Gasteiger partial charge in [0.1, 0.15) is 0 Å². The highest BCUT2D eigenvalue weighted by Gasteiger charge is 2.28. The van der Waals surface area contributed by atoms with Crippen molar-refractivity contribution in [3.8, 4) is 44.5 Å². The second kappa shape index (κ2) is 12.9. The zero-order chi connectivity index (χ0) is 38.3. The minimum absolute atomic E-state index is 1.25. The highest BCUT2D eigenvalue weighted by Crippen LogP contribution is 2.43. The number of fused-ring (bicyclic) bond motifs is 2. The van der Waals surface area contributed by atoms with E-state index in [0.29, 0.717) is 0 Å². The number of benzene rings is 10. The molecule has 0 fully saturated rings. The van der Waals surface area contributed by atoms with Crippen LogP contribution in [0, 0.1) is 0 Å². The Bertz CT molecular complexity index is 2910. The van der Waals surface area contributed by atoms with Gasteiger partial charge in [0.25, 0.3) is 0 Å². The third-order valence-electron chi connectivity index (χ3n) is 12.0. The molecule has 2 heteroatoms. The van der Waals surface area contributed by atoms with E-state index >= 15 is 0 Å². The number of rotatable bonds is 6. The van der Waals surface area contributed by atoms with Gasteiger partial charge in [-0.05, 0) is 123 Å². The molecule has 270 valence electrons. The summed E-state index contributed by atoms with van der Waals surface area (Å²) in [6.07, 6.45) is 0. The molecule has 0 saturated carbocycles. The van der Waals surface area contributed by atoms with Gasteiger partial charge in [0, 0.05) is 0 Å². The topological polar surface area (TPSA) is 0 Å². The molecule has 0 N–H and O–H groups in total. The lowest BCUT2D eigenvalue weighted by atomic mass is 9.86. The lowest BCUT2D eigenvalue weighted by molar-refractivity contribution is 1.64. The van der Waals surface area contributed by atoms with E-state index in [1.54, 1.807) is 0 Å². The molecule has 0 aliphatic carbocycles. The fourth-order valence-electron chi connectivity index (χ4n) is 9.16. The Balaban J connectivity index is 1.21. The first-order valence-corrected chi connectivity index (χ1v) is 27.0. The Labute approximate surface area is 332 Å². The van der Waals surface area contributed by atoms with Crippen LogP contribution in [0.3, 0.4) is 0 Å². The summed E-state index contributed by atoms with van der Waals surface area (Å²) in [4.78, 5) is 0. The molecule has 10 aromatic rings. The summed E-state index contributed by atoms with van der Waals surface area (Å²) in [6.45, 7) is 15.0. The Kier molecular flexibility index (Phi) is 7.97. The van der Waals surface area contributed by atoms with Crippen molar-refractivity contribution in [3.05, 3.63) is 170 Å². The predicted molar refractivity (Wildman–Crippen MR) is 253 cm³/mol. The van der Waals surface area contributed by atoms with Crippen molar-refractivity contribution >= 4 is 80.4 Å². The summed E-state index contributed by atoms with van der Waals surface area (Å²) in [6, 6.07) is 64.3. The lowest BCUT2D eigenvalue weighted by Gasteiger charge is -2.27. The largest absolute Gasteiger partial charge is 0.0784 e. The van der Waals surface area contributed by atoms with E-state index in [1.807, 2.05) is 0 Å². The molecule has 10 rings (SSSR count). The second-order valence-corrected chi connectivity index (χ2v) is 27.9. The molecule has 0 amide bonds. The maximum absolute atomic E-state index is 2.56. The molecule has 10 aromatic carbocycles. The zero-order valence-electron chi connectivity index (χ0n) is 33.2. The molecular weight excluding hydrogens is 705 g/mol. The fraction of sp³-hybridized carbons (Fsp3) is 0.111. The van der Waals surface area contributed by atoms with Crippen molar-refractivity contribution in [1.29, 1.82) is 0 Å². The number of hydrogen-bond acceptors (Lipinski definition) is 0. The SMILES string of the molecule is C[Si](C)(C)c1cc(-c2ccc3cc(-c4ccccc4)ccc3c2)c2ccc3c([Si](C)(C)C)cc(-c4ccc5cc(-c6ccccc6)ccc5c4)c4ccc1c2c43. The van der Waals surface area contributed by atoms with Crippen molar-refractivity contribution in [2.24, 2.45) is 0 Å². The van der Waals surface area contributed by atoms with E-state index in [0.717, 1.165) is 0 Å². The summed E-state index contributed by atoms with van der Waals surface area (Å²) in [5.41, 5.74) is 10.3. The molecule has 0 bridgehead atoms. The van der Waals surface area contributed by atoms with Gasteiger partial charge in [-0.25, -0.2) is 0 Å². The highest BCUT2D eigenvalue weighted by molar-refractivity contribution is 6.91. The summed E-state index contributed by atoms with van der Waals surface area (Å²) in [5, 5.41) is 16.6. The minimum atomic E-state index is -1.77. The molecule has 0 heterocycles. The van der Waals surface area contributed by atoms with Gasteiger partial charge < -0.3 is 0 Å². The second-order valence-electron chi connectivity index (χ2n) is 17.8. The van der Waals surface area contributed by atoms with Gasteiger partial charge in [0.15, 0.2) is 0 Å². The van der Waals surface area contributed by atoms with Gasteiger partial charge >= 0.3 is 0 Å². The van der Waals surface area contributed by atoms with Crippen LogP contribution in [0.25, 0.3) is 98.4 Å². The average molecular weight is 751 g/mol. The van der Waals surface area contributed by atoms with Crippen LogP contribution < -0.4 is 10.4 Å². The summed E-state index contributed by atoms with van der Waals surface area (Å²) in [5.74, 6) is 0. The molecule has 0 unspecified atom stereocenters. The maximum Gasteiger partial charge on any atom is 0.0784 e. The maximum atomic E-state index is 2.56. The molecule has 0 radical (unpaired) electrons. The highest BCUT2D eigenvalue weighted by atomic mass is 28.3. The first-order valence-electron chi connectivity index (χ1n) is 20.0. The normalized spacial score (nSPS) is 12.5. The van der Waals surface area contributed by atoms with Crippen LogP contribution >= 0.6 is 0 Å². The van der Waals surface area contributed by atoms with Crippen LogP contribution in [0.1, 0.15) is 0 Å². The van der Waals surface area contributed by atoms with E-state index in [-0.39, 0.29) is 0 Å². The van der Waals surface area contributed by atoms with Gasteiger partial charge in [-0.1, -0.05) is 195 Å². The molecule has 0 aromatic heterocycles. The molecular formula is C54H46Si2. The molecule has 56 heavy (non-hydrogen) atoms. The van der Waals surface area contributed by atoms with Gasteiger partial charge in [-0.2, -0.15) is 0 Å². The molecule has 0 spiro atoms. The Morgan fingerprint density at radius 2 is 0.589 bits per heavy atom. The van der Waals surface area contributed by atoms with E-state index in [1.165, 1.54) is 109 Å². The summed E-state index contributed by atoms with van der Waals surface area (Å²) >= 11 is 0. The molecule has 0 saturated heterocycles. The standard InChI is InChI=1S/C54H46Si2/c1-55(2,3)51-33-49(43-23-21-39-29-37(17-19-41(39)31-43)35-13-9-7-10-14-35)45-26-28-48-52(56(4,5)6)34-50(46-25-27-47(51)53(45)54(46)48)44-24-22-40-30-38(18-20-42(40)32-44)36-15-11-8-12-16-36/h7-34H,1-6H3.